The molecule has 1 aliphatic rings. The topological polar surface area (TPSA) is 64.8 Å². The van der Waals surface area contributed by atoms with Gasteiger partial charge in [0.05, 0.1) is 17.9 Å². The van der Waals surface area contributed by atoms with Crippen LogP contribution >= 0.6 is 0 Å². The van der Waals surface area contributed by atoms with E-state index in [1.54, 1.807) is 18.2 Å². The van der Waals surface area contributed by atoms with Gasteiger partial charge in [0.2, 0.25) is 0 Å². The minimum absolute atomic E-state index is 0.361. The van der Waals surface area contributed by atoms with E-state index in [1.807, 2.05) is 10.4 Å². The Bertz CT molecular complexity index is 459. The number of halogens is 3. The molecule has 0 amide bonds. The van der Waals surface area contributed by atoms with Crippen molar-refractivity contribution in [1.29, 1.82) is 0 Å². The molecule has 112 valence electrons. The van der Waals surface area contributed by atoms with Gasteiger partial charge in [-0.3, -0.25) is 15.6 Å². The van der Waals surface area contributed by atoms with Gasteiger partial charge in [0, 0.05) is 31.9 Å². The van der Waals surface area contributed by atoms with Crippen molar-refractivity contribution in [3.63, 3.8) is 0 Å². The van der Waals surface area contributed by atoms with E-state index in [9.17, 15) is 13.2 Å². The number of nitrogens with two attached hydrogens (primary N) is 1. The maximum atomic E-state index is 12.3. The predicted octanol–water partition coefficient (Wildman–Crippen LogP) is 1.75. The Balaban J connectivity index is 1.95. The van der Waals surface area contributed by atoms with Gasteiger partial charge in [0.25, 0.3) is 0 Å². The zero-order chi connectivity index (χ0) is 14.8. The van der Waals surface area contributed by atoms with Crippen molar-refractivity contribution in [2.45, 2.75) is 6.18 Å². The van der Waals surface area contributed by atoms with E-state index in [1.165, 1.54) is 4.90 Å². The van der Waals surface area contributed by atoms with Gasteiger partial charge in [-0.2, -0.15) is 13.2 Å². The molecule has 0 spiro atoms. The summed E-state index contributed by atoms with van der Waals surface area (Å²) in [5.41, 5.74) is 9.36. The number of piperazine rings is 1. The predicted molar refractivity (Wildman–Crippen MR) is 71.0 cm³/mol. The molecule has 0 saturated carbocycles. The van der Waals surface area contributed by atoms with Gasteiger partial charge in [-0.15, -0.1) is 0 Å². The fourth-order valence-corrected chi connectivity index (χ4v) is 2.27. The Morgan fingerprint density at radius 1 is 1.20 bits per heavy atom. The van der Waals surface area contributed by atoms with E-state index in [2.05, 4.69) is 0 Å². The first-order valence-electron chi connectivity index (χ1n) is 6.23. The number of hydrogen-bond donors (Lipinski definition) is 3. The van der Waals surface area contributed by atoms with Gasteiger partial charge < -0.3 is 10.6 Å². The van der Waals surface area contributed by atoms with Gasteiger partial charge in [-0.1, -0.05) is 0 Å². The minimum Gasteiger partial charge on any atom is -0.397 e. The SMILES string of the molecule is Nc1cc(N2CCN(CC(F)(F)F)CC2)ccc1NO. The third-order valence-electron chi connectivity index (χ3n) is 3.30. The molecular formula is C12H17F3N4O. The molecule has 0 atom stereocenters. The second kappa shape index (κ2) is 5.76. The lowest BCUT2D eigenvalue weighted by molar-refractivity contribution is -0.146. The molecule has 1 heterocycles. The summed E-state index contributed by atoms with van der Waals surface area (Å²) in [4.78, 5) is 3.37. The average Bonchev–Trinajstić information content (AvgIpc) is 2.37. The van der Waals surface area contributed by atoms with Crippen LogP contribution in [0.4, 0.5) is 30.2 Å². The third kappa shape index (κ3) is 3.67. The lowest BCUT2D eigenvalue weighted by Gasteiger charge is -2.36. The molecule has 0 unspecified atom stereocenters. The molecule has 1 fully saturated rings. The zero-order valence-electron chi connectivity index (χ0n) is 10.8. The molecule has 1 aromatic rings. The summed E-state index contributed by atoms with van der Waals surface area (Å²) in [5.74, 6) is 0. The highest BCUT2D eigenvalue weighted by atomic mass is 19.4. The van der Waals surface area contributed by atoms with Gasteiger partial charge in [-0.25, -0.2) is 0 Å². The summed E-state index contributed by atoms with van der Waals surface area (Å²) >= 11 is 0. The average molecular weight is 290 g/mol. The van der Waals surface area contributed by atoms with Crippen LogP contribution in [0.15, 0.2) is 18.2 Å². The summed E-state index contributed by atoms with van der Waals surface area (Å²) in [6.45, 7) is 0.887. The number of rotatable bonds is 3. The molecule has 0 radical (unpaired) electrons. The van der Waals surface area contributed by atoms with E-state index >= 15 is 0 Å². The quantitative estimate of drug-likeness (QED) is 0.585. The molecular weight excluding hydrogens is 273 g/mol. The largest absolute Gasteiger partial charge is 0.401 e. The molecule has 1 aliphatic heterocycles. The molecule has 1 aromatic carbocycles. The monoisotopic (exact) mass is 290 g/mol. The summed E-state index contributed by atoms with van der Waals surface area (Å²) in [7, 11) is 0. The van der Waals surface area contributed by atoms with Crippen LogP contribution in [-0.2, 0) is 0 Å². The van der Waals surface area contributed by atoms with Crippen molar-refractivity contribution in [1.82, 2.24) is 4.90 Å². The summed E-state index contributed by atoms with van der Waals surface area (Å²) in [6, 6.07) is 5.10. The number of benzene rings is 1. The number of nitrogens with one attached hydrogen (secondary N) is 1. The Kier molecular flexibility index (Phi) is 4.24. The number of alkyl halides is 3. The molecule has 0 aliphatic carbocycles. The van der Waals surface area contributed by atoms with Gasteiger partial charge in [0.15, 0.2) is 0 Å². The molecule has 2 rings (SSSR count). The number of anilines is 3. The van der Waals surface area contributed by atoms with Crippen molar-refractivity contribution in [2.24, 2.45) is 0 Å². The Labute approximate surface area is 114 Å². The van der Waals surface area contributed by atoms with Crippen LogP contribution in [0.25, 0.3) is 0 Å². The van der Waals surface area contributed by atoms with Crippen LogP contribution in [0, 0.1) is 0 Å². The van der Waals surface area contributed by atoms with Crippen molar-refractivity contribution in [2.75, 3.05) is 48.8 Å². The molecule has 1 saturated heterocycles. The Morgan fingerprint density at radius 2 is 1.85 bits per heavy atom. The maximum Gasteiger partial charge on any atom is 0.401 e. The first-order chi connectivity index (χ1) is 9.39. The van der Waals surface area contributed by atoms with Crippen LogP contribution in [0.1, 0.15) is 0 Å². The molecule has 0 aromatic heterocycles. The van der Waals surface area contributed by atoms with E-state index in [-0.39, 0.29) is 0 Å². The van der Waals surface area contributed by atoms with E-state index in [4.69, 9.17) is 10.9 Å². The first-order valence-corrected chi connectivity index (χ1v) is 6.23. The lowest BCUT2D eigenvalue weighted by Crippen LogP contribution is -2.49. The van der Waals surface area contributed by atoms with Crippen LogP contribution in [0.5, 0.6) is 0 Å². The highest BCUT2D eigenvalue weighted by Crippen LogP contribution is 2.26. The van der Waals surface area contributed by atoms with E-state index < -0.39 is 12.7 Å². The molecule has 5 nitrogen and oxygen atoms in total. The van der Waals surface area contributed by atoms with E-state index in [0.717, 1.165) is 5.69 Å². The van der Waals surface area contributed by atoms with Crippen molar-refractivity contribution in [3.05, 3.63) is 18.2 Å². The fourth-order valence-electron chi connectivity index (χ4n) is 2.27. The number of nitrogens with zero attached hydrogens (tertiary/aromatic N) is 2. The van der Waals surface area contributed by atoms with E-state index in [0.29, 0.717) is 37.6 Å². The molecule has 0 bridgehead atoms. The van der Waals surface area contributed by atoms with Crippen LogP contribution in [-0.4, -0.2) is 49.0 Å². The van der Waals surface area contributed by atoms with Gasteiger partial charge >= 0.3 is 6.18 Å². The first kappa shape index (κ1) is 14.7. The second-order valence-corrected chi connectivity index (χ2v) is 4.76. The lowest BCUT2D eigenvalue weighted by atomic mass is 10.2. The second-order valence-electron chi connectivity index (χ2n) is 4.76. The minimum atomic E-state index is -4.15. The summed E-state index contributed by atoms with van der Waals surface area (Å²) in [6.07, 6.45) is -4.15. The normalized spacial score (nSPS) is 17.3. The molecule has 20 heavy (non-hydrogen) atoms. The Morgan fingerprint density at radius 3 is 2.35 bits per heavy atom. The number of hydrogen-bond acceptors (Lipinski definition) is 5. The van der Waals surface area contributed by atoms with Gasteiger partial charge in [-0.05, 0) is 18.2 Å². The van der Waals surface area contributed by atoms with Crippen LogP contribution in [0.2, 0.25) is 0 Å². The van der Waals surface area contributed by atoms with Crippen LogP contribution in [0.3, 0.4) is 0 Å². The Hall–Kier alpha value is -1.67. The molecule has 4 N–H and O–H groups in total. The third-order valence-corrected chi connectivity index (χ3v) is 3.30. The summed E-state index contributed by atoms with van der Waals surface area (Å²) in [5, 5.41) is 8.81. The van der Waals surface area contributed by atoms with Crippen molar-refractivity contribution in [3.8, 4) is 0 Å². The van der Waals surface area contributed by atoms with Gasteiger partial charge in [0.1, 0.15) is 0 Å². The number of nitrogen functional groups attached to an aromatic ring is 1. The molecule has 8 heteroatoms. The highest BCUT2D eigenvalue weighted by Gasteiger charge is 2.32. The summed E-state index contributed by atoms with van der Waals surface area (Å²) < 4.78 is 36.9. The zero-order valence-corrected chi connectivity index (χ0v) is 10.8. The standard InChI is InChI=1S/C12H17F3N4O/c13-12(14,15)8-18-3-5-19(6-4-18)9-1-2-11(17-20)10(16)7-9/h1-2,7,17,20H,3-6,8,16H2. The maximum absolute atomic E-state index is 12.3. The van der Waals surface area contributed by atoms with Crippen molar-refractivity contribution >= 4 is 17.1 Å². The van der Waals surface area contributed by atoms with Crippen LogP contribution < -0.4 is 16.1 Å². The van der Waals surface area contributed by atoms with Crippen molar-refractivity contribution < 1.29 is 18.4 Å². The highest BCUT2D eigenvalue weighted by molar-refractivity contribution is 5.71. The fraction of sp³-hybridized carbons (Fsp3) is 0.500. The smallest absolute Gasteiger partial charge is 0.397 e.